The minimum Gasteiger partial charge on any atom is -0.486 e. The van der Waals surface area contributed by atoms with E-state index >= 15 is 0 Å². The van der Waals surface area contributed by atoms with Crippen molar-refractivity contribution in [2.75, 3.05) is 19.0 Å². The van der Waals surface area contributed by atoms with Crippen molar-refractivity contribution in [2.45, 2.75) is 45.1 Å². The summed E-state index contributed by atoms with van der Waals surface area (Å²) in [6.45, 7) is 1.19. The molecule has 2 heterocycles. The van der Waals surface area contributed by atoms with Gasteiger partial charge in [-0.1, -0.05) is 48.5 Å². The van der Waals surface area contributed by atoms with Crippen molar-refractivity contribution < 1.29 is 28.2 Å². The van der Waals surface area contributed by atoms with Crippen molar-refractivity contribution >= 4 is 23.8 Å². The normalized spacial score (nSPS) is 12.9. The van der Waals surface area contributed by atoms with Gasteiger partial charge < -0.3 is 19.5 Å². The molecular weight excluding hydrogens is 511 g/mol. The number of methoxy groups -OCH3 is 1. The van der Waals surface area contributed by atoms with Crippen LogP contribution in [0.1, 0.15) is 48.1 Å². The number of carbonyl (C=O) groups excluding carboxylic acids is 2. The van der Waals surface area contributed by atoms with E-state index in [9.17, 15) is 14.0 Å². The van der Waals surface area contributed by atoms with Crippen LogP contribution in [0.15, 0.2) is 78.6 Å². The van der Waals surface area contributed by atoms with Crippen LogP contribution in [0.25, 0.3) is 6.08 Å². The van der Waals surface area contributed by atoms with E-state index in [4.69, 9.17) is 14.5 Å². The smallest absolute Gasteiger partial charge is 0.322 e. The number of ether oxygens (including phenoxy) is 3. The lowest BCUT2D eigenvalue weighted by Crippen LogP contribution is -2.14. The number of aryl methyl sites for hydroxylation is 2. The summed E-state index contributed by atoms with van der Waals surface area (Å²) in [5, 5.41) is 3.35. The van der Waals surface area contributed by atoms with Crippen molar-refractivity contribution in [1.29, 1.82) is 0 Å². The number of rotatable bonds is 12. The van der Waals surface area contributed by atoms with Crippen LogP contribution in [-0.2, 0) is 38.5 Å². The third-order valence-corrected chi connectivity index (χ3v) is 6.32. The zero-order chi connectivity index (χ0) is 28.2. The first-order valence-electron chi connectivity index (χ1n) is 13.3. The molecule has 1 aliphatic rings. The molecule has 0 unspecified atom stereocenters. The Morgan fingerprint density at radius 3 is 2.73 bits per heavy atom. The van der Waals surface area contributed by atoms with Crippen LogP contribution >= 0.6 is 0 Å². The molecule has 0 atom stereocenters. The summed E-state index contributed by atoms with van der Waals surface area (Å²) in [6, 6.07) is 18.3. The van der Waals surface area contributed by atoms with Gasteiger partial charge in [0.1, 0.15) is 24.6 Å². The molecule has 1 aliphatic heterocycles. The molecule has 1 N–H and O–H groups in total. The van der Waals surface area contributed by atoms with Crippen molar-refractivity contribution in [3.63, 3.8) is 0 Å². The van der Waals surface area contributed by atoms with Gasteiger partial charge in [0, 0.05) is 12.2 Å². The molecule has 0 spiro atoms. The van der Waals surface area contributed by atoms with Gasteiger partial charge >= 0.3 is 11.9 Å². The number of hydrogen-bond acceptors (Lipinski definition) is 7. The molecule has 0 saturated heterocycles. The van der Waals surface area contributed by atoms with E-state index < -0.39 is 24.2 Å². The lowest BCUT2D eigenvalue weighted by molar-refractivity contribution is -0.150. The van der Waals surface area contributed by atoms with Crippen LogP contribution < -0.4 is 10.1 Å². The van der Waals surface area contributed by atoms with Gasteiger partial charge in [0.25, 0.3) is 0 Å². The van der Waals surface area contributed by atoms with Crippen molar-refractivity contribution in [3.8, 4) is 5.75 Å². The molecule has 208 valence electrons. The SMILES string of the molecule is COC(=O)CC(=O)OC(=C\CCCc1ccc2c(n1)NCCC2)/C=C/c1ccc(OCc2ccccc2)c(F)c1. The maximum Gasteiger partial charge on any atom is 0.322 e. The molecule has 7 nitrogen and oxygen atoms in total. The Hall–Kier alpha value is -4.46. The van der Waals surface area contributed by atoms with Gasteiger partial charge in [0.2, 0.25) is 0 Å². The number of benzene rings is 2. The minimum atomic E-state index is -0.735. The van der Waals surface area contributed by atoms with Gasteiger partial charge in [-0.15, -0.1) is 0 Å². The molecule has 8 heteroatoms. The quantitative estimate of drug-likeness (QED) is 0.0957. The molecule has 40 heavy (non-hydrogen) atoms. The number of aromatic nitrogens is 1. The van der Waals surface area contributed by atoms with Crippen LogP contribution in [0, 0.1) is 5.82 Å². The lowest BCUT2D eigenvalue weighted by Gasteiger charge is -2.17. The summed E-state index contributed by atoms with van der Waals surface area (Å²) in [4.78, 5) is 28.4. The molecule has 4 rings (SSSR count). The summed E-state index contributed by atoms with van der Waals surface area (Å²) in [5.41, 5.74) is 3.73. The summed E-state index contributed by atoms with van der Waals surface area (Å²) in [5.74, 6) is -0.553. The first-order chi connectivity index (χ1) is 19.5. The Morgan fingerprint density at radius 1 is 1.07 bits per heavy atom. The molecule has 0 aliphatic carbocycles. The third-order valence-electron chi connectivity index (χ3n) is 6.32. The number of nitrogens with zero attached hydrogens (tertiary/aromatic N) is 1. The van der Waals surface area contributed by atoms with E-state index in [2.05, 4.69) is 22.2 Å². The number of halogens is 1. The fourth-order valence-electron chi connectivity index (χ4n) is 4.19. The van der Waals surface area contributed by atoms with Crippen molar-refractivity contribution in [2.24, 2.45) is 0 Å². The average Bonchev–Trinajstić information content (AvgIpc) is 2.97. The second-order valence-corrected chi connectivity index (χ2v) is 9.36. The molecule has 0 radical (unpaired) electrons. The number of hydrogen-bond donors (Lipinski definition) is 1. The molecule has 0 bridgehead atoms. The van der Waals surface area contributed by atoms with E-state index in [-0.39, 0.29) is 18.1 Å². The number of fused-ring (bicyclic) bond motifs is 1. The molecular formula is C32H33FN2O5. The highest BCUT2D eigenvalue weighted by atomic mass is 19.1. The molecule has 0 fully saturated rings. The van der Waals surface area contributed by atoms with Crippen LogP contribution in [0.4, 0.5) is 10.2 Å². The van der Waals surface area contributed by atoms with Crippen LogP contribution in [0.3, 0.4) is 0 Å². The molecule has 1 aromatic heterocycles. The fourth-order valence-corrected chi connectivity index (χ4v) is 4.19. The minimum absolute atomic E-state index is 0.146. The van der Waals surface area contributed by atoms with Gasteiger partial charge in [0.15, 0.2) is 11.6 Å². The number of nitrogens with one attached hydrogen (secondary N) is 1. The van der Waals surface area contributed by atoms with Gasteiger partial charge in [-0.05, 0) is 79.1 Å². The van der Waals surface area contributed by atoms with Gasteiger partial charge in [-0.2, -0.15) is 0 Å². The summed E-state index contributed by atoms with van der Waals surface area (Å²) < 4.78 is 30.2. The van der Waals surface area contributed by atoms with Crippen LogP contribution in [0.2, 0.25) is 0 Å². The second kappa shape index (κ2) is 14.6. The molecule has 2 aromatic carbocycles. The monoisotopic (exact) mass is 544 g/mol. The fraction of sp³-hybridized carbons (Fsp3) is 0.281. The highest BCUT2D eigenvalue weighted by Gasteiger charge is 2.13. The number of unbranched alkanes of at least 4 members (excludes halogenated alkanes) is 1. The first kappa shape index (κ1) is 28.5. The van der Waals surface area contributed by atoms with Gasteiger partial charge in [-0.3, -0.25) is 9.59 Å². The zero-order valence-electron chi connectivity index (χ0n) is 22.5. The Morgan fingerprint density at radius 2 is 1.93 bits per heavy atom. The maximum atomic E-state index is 14.7. The number of pyridine rings is 1. The van der Waals surface area contributed by atoms with E-state index in [1.165, 1.54) is 18.7 Å². The van der Waals surface area contributed by atoms with Crippen molar-refractivity contribution in [1.82, 2.24) is 4.98 Å². The predicted octanol–water partition coefficient (Wildman–Crippen LogP) is 6.18. The Kier molecular flexibility index (Phi) is 10.4. The average molecular weight is 545 g/mol. The van der Waals surface area contributed by atoms with Crippen LogP contribution in [-0.4, -0.2) is 30.6 Å². The van der Waals surface area contributed by atoms with E-state index in [0.717, 1.165) is 49.3 Å². The molecule has 0 saturated carbocycles. The first-order valence-corrected chi connectivity index (χ1v) is 13.3. The summed E-state index contributed by atoms with van der Waals surface area (Å²) >= 11 is 0. The van der Waals surface area contributed by atoms with Crippen molar-refractivity contribution in [3.05, 3.63) is 107 Å². The largest absolute Gasteiger partial charge is 0.486 e. The maximum absolute atomic E-state index is 14.7. The number of esters is 2. The van der Waals surface area contributed by atoms with E-state index in [0.29, 0.717) is 12.0 Å². The van der Waals surface area contributed by atoms with E-state index in [1.54, 1.807) is 30.4 Å². The topological polar surface area (TPSA) is 86.8 Å². The number of carbonyl (C=O) groups is 2. The highest BCUT2D eigenvalue weighted by molar-refractivity contribution is 5.91. The Labute approximate surface area is 233 Å². The summed E-state index contributed by atoms with van der Waals surface area (Å²) in [7, 11) is 1.21. The molecule has 3 aromatic rings. The third kappa shape index (κ3) is 8.80. The zero-order valence-corrected chi connectivity index (χ0v) is 22.5. The highest BCUT2D eigenvalue weighted by Crippen LogP contribution is 2.22. The van der Waals surface area contributed by atoms with E-state index in [1.807, 2.05) is 30.3 Å². The Bertz CT molecular complexity index is 1370. The summed E-state index contributed by atoms with van der Waals surface area (Å²) in [6.07, 6.45) is 8.78. The predicted molar refractivity (Wildman–Crippen MR) is 151 cm³/mol. The van der Waals surface area contributed by atoms with Gasteiger partial charge in [0.05, 0.1) is 7.11 Å². The lowest BCUT2D eigenvalue weighted by atomic mass is 10.1. The molecule has 0 amide bonds. The van der Waals surface area contributed by atoms with Crippen LogP contribution in [0.5, 0.6) is 5.75 Å². The number of allylic oxidation sites excluding steroid dienone is 2. The number of anilines is 1. The van der Waals surface area contributed by atoms with Gasteiger partial charge in [-0.25, -0.2) is 9.37 Å². The standard InChI is InChI=1S/C32H33FN2O5/c1-38-30(36)21-31(37)40-27(12-6-5-11-26-16-15-25-10-7-19-34-32(25)35-26)17-13-23-14-18-29(28(33)20-23)39-22-24-8-3-2-4-9-24/h2-4,8-9,12-18,20H,5-7,10-11,19,21-22H2,1H3,(H,34,35)/b17-13+,27-12-. The Balaban J connectivity index is 1.38. The second-order valence-electron chi connectivity index (χ2n) is 9.36.